The highest BCUT2D eigenvalue weighted by molar-refractivity contribution is 5.98. The molecule has 0 radical (unpaired) electrons. The molecule has 2 atom stereocenters. The van der Waals surface area contributed by atoms with Crippen LogP contribution in [0.2, 0.25) is 0 Å². The first-order valence-corrected chi connectivity index (χ1v) is 7.90. The number of hydrogen-bond donors (Lipinski definition) is 3. The molecular formula is C19H20N2O4. The van der Waals surface area contributed by atoms with Crippen molar-refractivity contribution >= 4 is 17.8 Å². The van der Waals surface area contributed by atoms with Gasteiger partial charge in [-0.3, -0.25) is 14.4 Å². The molecule has 2 rings (SSSR count). The van der Waals surface area contributed by atoms with Gasteiger partial charge in [-0.15, -0.1) is 0 Å². The highest BCUT2D eigenvalue weighted by Gasteiger charge is 2.24. The van der Waals surface area contributed by atoms with Crippen LogP contribution in [0.15, 0.2) is 60.7 Å². The summed E-state index contributed by atoms with van der Waals surface area (Å²) in [6, 6.07) is 15.8. The van der Waals surface area contributed by atoms with E-state index in [9.17, 15) is 14.4 Å². The molecule has 6 heteroatoms. The summed E-state index contributed by atoms with van der Waals surface area (Å²) in [7, 11) is 0. The molecule has 6 nitrogen and oxygen atoms in total. The number of carboxylic acids is 1. The number of carbonyl (C=O) groups excluding carboxylic acids is 2. The van der Waals surface area contributed by atoms with Crippen molar-refractivity contribution in [2.45, 2.75) is 25.4 Å². The Bertz CT molecular complexity index is 732. The molecule has 3 N–H and O–H groups in total. The Kier molecular flexibility index (Phi) is 6.28. The van der Waals surface area contributed by atoms with Gasteiger partial charge < -0.3 is 15.7 Å². The van der Waals surface area contributed by atoms with Crippen LogP contribution in [0.1, 0.15) is 22.8 Å². The maximum Gasteiger partial charge on any atom is 0.325 e. The summed E-state index contributed by atoms with van der Waals surface area (Å²) in [6.45, 7) is 1.37. The largest absolute Gasteiger partial charge is 0.480 e. The standard InChI is InChI=1S/C19H20N2O4/c1-13(19(24)25)20-18(23)16(12-14-8-4-2-5-9-14)21-17(22)15-10-6-3-7-11-15/h2-11,13,16H,12H2,1H3,(H,20,23)(H,21,22)(H,24,25)/t13?,16-/m0/s1. The van der Waals surface area contributed by atoms with Gasteiger partial charge in [-0.25, -0.2) is 0 Å². The molecule has 0 fully saturated rings. The van der Waals surface area contributed by atoms with E-state index in [4.69, 9.17) is 5.11 Å². The van der Waals surface area contributed by atoms with Crippen LogP contribution in [-0.2, 0) is 16.0 Å². The second-order valence-corrected chi connectivity index (χ2v) is 5.65. The number of carboxylic acid groups (broad SMARTS) is 1. The predicted molar refractivity (Wildman–Crippen MR) is 93.1 cm³/mol. The number of amides is 2. The Morgan fingerprint density at radius 3 is 2.04 bits per heavy atom. The minimum atomic E-state index is -1.14. The van der Waals surface area contributed by atoms with Crippen LogP contribution in [0.4, 0.5) is 0 Å². The lowest BCUT2D eigenvalue weighted by atomic mass is 10.0. The molecule has 0 bridgehead atoms. The quantitative estimate of drug-likeness (QED) is 0.714. The zero-order chi connectivity index (χ0) is 18.2. The first-order valence-electron chi connectivity index (χ1n) is 7.90. The summed E-state index contributed by atoms with van der Waals surface area (Å²) in [5, 5.41) is 14.0. The van der Waals surface area contributed by atoms with Crippen LogP contribution in [0, 0.1) is 0 Å². The molecular weight excluding hydrogens is 320 g/mol. The van der Waals surface area contributed by atoms with E-state index in [1.54, 1.807) is 30.3 Å². The van der Waals surface area contributed by atoms with Gasteiger partial charge in [-0.05, 0) is 24.6 Å². The second kappa shape index (κ2) is 8.63. The molecule has 2 amide bonds. The second-order valence-electron chi connectivity index (χ2n) is 5.65. The smallest absolute Gasteiger partial charge is 0.325 e. The molecule has 0 saturated carbocycles. The van der Waals surface area contributed by atoms with Crippen LogP contribution >= 0.6 is 0 Å². The molecule has 0 aliphatic rings. The minimum Gasteiger partial charge on any atom is -0.480 e. The number of aliphatic carboxylic acids is 1. The summed E-state index contributed by atoms with van der Waals surface area (Å²) < 4.78 is 0. The topological polar surface area (TPSA) is 95.5 Å². The average molecular weight is 340 g/mol. The van der Waals surface area contributed by atoms with Crippen molar-refractivity contribution in [2.75, 3.05) is 0 Å². The zero-order valence-electron chi connectivity index (χ0n) is 13.8. The number of nitrogens with one attached hydrogen (secondary N) is 2. The van der Waals surface area contributed by atoms with Crippen molar-refractivity contribution in [1.82, 2.24) is 10.6 Å². The number of carbonyl (C=O) groups is 3. The highest BCUT2D eigenvalue weighted by atomic mass is 16.4. The molecule has 0 saturated heterocycles. The lowest BCUT2D eigenvalue weighted by molar-refractivity contribution is -0.141. The Morgan fingerprint density at radius 1 is 0.920 bits per heavy atom. The van der Waals surface area contributed by atoms with Crippen molar-refractivity contribution < 1.29 is 19.5 Å². The first kappa shape index (κ1) is 18.2. The number of hydrogen-bond acceptors (Lipinski definition) is 3. The zero-order valence-corrected chi connectivity index (χ0v) is 13.8. The molecule has 2 aromatic carbocycles. The van der Waals surface area contributed by atoms with Crippen LogP contribution in [0.3, 0.4) is 0 Å². The maximum absolute atomic E-state index is 12.4. The number of benzene rings is 2. The normalized spacial score (nSPS) is 12.7. The molecule has 1 unspecified atom stereocenters. The molecule has 25 heavy (non-hydrogen) atoms. The van der Waals surface area contributed by atoms with Gasteiger partial charge in [-0.1, -0.05) is 48.5 Å². The molecule has 0 aliphatic heterocycles. The Morgan fingerprint density at radius 2 is 1.48 bits per heavy atom. The van der Waals surface area contributed by atoms with Crippen molar-refractivity contribution in [2.24, 2.45) is 0 Å². The van der Waals surface area contributed by atoms with E-state index < -0.39 is 24.0 Å². The van der Waals surface area contributed by atoms with Gasteiger partial charge in [0.25, 0.3) is 5.91 Å². The van der Waals surface area contributed by atoms with E-state index in [0.29, 0.717) is 5.56 Å². The monoisotopic (exact) mass is 340 g/mol. The van der Waals surface area contributed by atoms with Gasteiger partial charge in [0, 0.05) is 12.0 Å². The minimum absolute atomic E-state index is 0.261. The molecule has 0 aliphatic carbocycles. The van der Waals surface area contributed by atoms with Gasteiger partial charge >= 0.3 is 5.97 Å². The Hall–Kier alpha value is -3.15. The van der Waals surface area contributed by atoms with Crippen molar-refractivity contribution in [3.8, 4) is 0 Å². The average Bonchev–Trinajstić information content (AvgIpc) is 2.62. The third-order valence-corrected chi connectivity index (χ3v) is 3.67. The van der Waals surface area contributed by atoms with Gasteiger partial charge in [0.2, 0.25) is 5.91 Å². The van der Waals surface area contributed by atoms with Crippen molar-refractivity contribution in [3.63, 3.8) is 0 Å². The van der Waals surface area contributed by atoms with E-state index in [0.717, 1.165) is 5.56 Å². The van der Waals surface area contributed by atoms with E-state index in [1.807, 2.05) is 30.3 Å². The van der Waals surface area contributed by atoms with Crippen molar-refractivity contribution in [1.29, 1.82) is 0 Å². The number of rotatable bonds is 7. The van der Waals surface area contributed by atoms with E-state index in [-0.39, 0.29) is 12.3 Å². The van der Waals surface area contributed by atoms with Crippen molar-refractivity contribution in [3.05, 3.63) is 71.8 Å². The molecule has 130 valence electrons. The summed E-state index contributed by atoms with van der Waals surface area (Å²) in [4.78, 5) is 35.8. The fourth-order valence-corrected chi connectivity index (χ4v) is 2.27. The Balaban J connectivity index is 2.15. The van der Waals surface area contributed by atoms with Gasteiger partial charge in [0.1, 0.15) is 12.1 Å². The lowest BCUT2D eigenvalue weighted by Crippen LogP contribution is -2.51. The van der Waals surface area contributed by atoms with Gasteiger partial charge in [0.15, 0.2) is 0 Å². The SMILES string of the molecule is CC(NC(=O)[C@H](Cc1ccccc1)NC(=O)c1ccccc1)C(=O)O. The van der Waals surface area contributed by atoms with E-state index in [1.165, 1.54) is 6.92 Å². The summed E-state index contributed by atoms with van der Waals surface area (Å²) in [5.41, 5.74) is 1.29. The third-order valence-electron chi connectivity index (χ3n) is 3.67. The molecule has 0 heterocycles. The lowest BCUT2D eigenvalue weighted by Gasteiger charge is -2.20. The van der Waals surface area contributed by atoms with Crippen LogP contribution in [-0.4, -0.2) is 35.0 Å². The van der Waals surface area contributed by atoms with Gasteiger partial charge in [0.05, 0.1) is 0 Å². The summed E-state index contributed by atoms with van der Waals surface area (Å²) in [6.07, 6.45) is 0.261. The van der Waals surface area contributed by atoms with E-state index >= 15 is 0 Å². The molecule has 0 aromatic heterocycles. The van der Waals surface area contributed by atoms with Crippen LogP contribution < -0.4 is 10.6 Å². The fourth-order valence-electron chi connectivity index (χ4n) is 2.27. The Labute approximate surface area is 145 Å². The van der Waals surface area contributed by atoms with Crippen LogP contribution in [0.5, 0.6) is 0 Å². The third kappa shape index (κ3) is 5.46. The van der Waals surface area contributed by atoms with Gasteiger partial charge in [-0.2, -0.15) is 0 Å². The van der Waals surface area contributed by atoms with E-state index in [2.05, 4.69) is 10.6 Å². The fraction of sp³-hybridized carbons (Fsp3) is 0.211. The summed E-state index contributed by atoms with van der Waals surface area (Å²) in [5.74, 6) is -2.07. The molecule has 0 spiro atoms. The summed E-state index contributed by atoms with van der Waals surface area (Å²) >= 11 is 0. The maximum atomic E-state index is 12.4. The molecule has 2 aromatic rings. The predicted octanol–water partition coefficient (Wildman–Crippen LogP) is 1.62. The van der Waals surface area contributed by atoms with Crippen LogP contribution in [0.25, 0.3) is 0 Å². The highest BCUT2D eigenvalue weighted by Crippen LogP contribution is 2.06. The first-order chi connectivity index (χ1) is 12.0.